The van der Waals surface area contributed by atoms with Gasteiger partial charge >= 0.3 is 11.9 Å². The Morgan fingerprint density at radius 3 is 2.48 bits per heavy atom. The zero-order valence-electron chi connectivity index (χ0n) is 13.2. The van der Waals surface area contributed by atoms with E-state index in [1.165, 1.54) is 6.07 Å². The lowest BCUT2D eigenvalue weighted by Gasteiger charge is -2.12. The fourth-order valence-electron chi connectivity index (χ4n) is 1.58. The molecule has 9 heteroatoms. The van der Waals surface area contributed by atoms with Gasteiger partial charge in [0.2, 0.25) is 0 Å². The van der Waals surface area contributed by atoms with Gasteiger partial charge in [-0.15, -0.1) is 0 Å². The van der Waals surface area contributed by atoms with E-state index in [0.717, 1.165) is 5.56 Å². The molecule has 0 aliphatic carbocycles. The van der Waals surface area contributed by atoms with Crippen LogP contribution in [0.2, 0.25) is 0 Å². The van der Waals surface area contributed by atoms with Crippen LogP contribution in [0, 0.1) is 5.92 Å². The Balaban J connectivity index is 2.95. The van der Waals surface area contributed by atoms with E-state index in [0.29, 0.717) is 6.32 Å². The molecule has 126 valence electrons. The van der Waals surface area contributed by atoms with Crippen LogP contribution in [0.1, 0.15) is 29.8 Å². The second-order valence-corrected chi connectivity index (χ2v) is 6.75. The van der Waals surface area contributed by atoms with E-state index in [4.69, 9.17) is 14.0 Å². The first-order chi connectivity index (χ1) is 10.6. The summed E-state index contributed by atoms with van der Waals surface area (Å²) in [7, 11) is -2.31. The number of hydrogen-bond acceptors (Lipinski definition) is 6. The first-order valence-corrected chi connectivity index (χ1v) is 8.72. The first kappa shape index (κ1) is 19.2. The topological polar surface area (TPSA) is 107 Å². The number of hydrogen-bond donors (Lipinski definition) is 1. The van der Waals surface area contributed by atoms with E-state index >= 15 is 0 Å². The summed E-state index contributed by atoms with van der Waals surface area (Å²) < 4.78 is 39.8. The SMILES string of the molecule is BCc1ccc(C(=O)OCCS(=O)(=O)O)c(OC(=O)C(C)C)c1. The van der Waals surface area contributed by atoms with Gasteiger partial charge in [-0.1, -0.05) is 31.8 Å². The number of esters is 2. The van der Waals surface area contributed by atoms with Crippen LogP contribution in [0.5, 0.6) is 5.75 Å². The number of carbonyl (C=O) groups excluding carboxylic acids is 2. The van der Waals surface area contributed by atoms with Crippen LogP contribution in [0.4, 0.5) is 0 Å². The largest absolute Gasteiger partial charge is 0.461 e. The van der Waals surface area contributed by atoms with Crippen molar-refractivity contribution in [3.8, 4) is 5.75 Å². The summed E-state index contributed by atoms with van der Waals surface area (Å²) in [4.78, 5) is 23.8. The molecule has 0 aromatic heterocycles. The van der Waals surface area contributed by atoms with E-state index in [-0.39, 0.29) is 17.2 Å². The lowest BCUT2D eigenvalue weighted by molar-refractivity contribution is -0.137. The lowest BCUT2D eigenvalue weighted by Crippen LogP contribution is -2.19. The predicted molar refractivity (Wildman–Crippen MR) is 85.9 cm³/mol. The minimum atomic E-state index is -4.22. The molecule has 0 heterocycles. The Morgan fingerprint density at radius 1 is 1.30 bits per heavy atom. The zero-order valence-corrected chi connectivity index (χ0v) is 14.1. The summed E-state index contributed by atoms with van der Waals surface area (Å²) >= 11 is 0. The maximum atomic E-state index is 12.0. The highest BCUT2D eigenvalue weighted by atomic mass is 32.2. The second kappa shape index (κ2) is 8.12. The van der Waals surface area contributed by atoms with Crippen LogP contribution in [-0.2, 0) is 26.0 Å². The van der Waals surface area contributed by atoms with Crippen molar-refractivity contribution in [1.29, 1.82) is 0 Å². The Morgan fingerprint density at radius 2 is 1.96 bits per heavy atom. The molecule has 1 aromatic carbocycles. The maximum Gasteiger partial charge on any atom is 0.341 e. The van der Waals surface area contributed by atoms with Crippen molar-refractivity contribution in [2.24, 2.45) is 5.92 Å². The summed E-state index contributed by atoms with van der Waals surface area (Å²) in [6.45, 7) is 2.83. The normalized spacial score (nSPS) is 11.3. The fourth-order valence-corrected chi connectivity index (χ4v) is 1.88. The van der Waals surface area contributed by atoms with Crippen molar-refractivity contribution in [3.05, 3.63) is 29.3 Å². The van der Waals surface area contributed by atoms with Gasteiger partial charge in [-0.3, -0.25) is 9.35 Å². The quantitative estimate of drug-likeness (QED) is 0.331. The first-order valence-electron chi connectivity index (χ1n) is 7.11. The third kappa shape index (κ3) is 6.41. The molecule has 0 unspecified atom stereocenters. The number of ether oxygens (including phenoxy) is 2. The molecule has 0 aliphatic heterocycles. The molecule has 0 atom stereocenters. The van der Waals surface area contributed by atoms with Gasteiger partial charge in [-0.2, -0.15) is 8.42 Å². The van der Waals surface area contributed by atoms with Crippen LogP contribution in [0.25, 0.3) is 0 Å². The van der Waals surface area contributed by atoms with Gasteiger partial charge in [-0.25, -0.2) is 4.79 Å². The Kier molecular flexibility index (Phi) is 6.77. The molecule has 0 bridgehead atoms. The molecule has 23 heavy (non-hydrogen) atoms. The number of benzene rings is 1. The summed E-state index contributed by atoms with van der Waals surface area (Å²) in [5.41, 5.74) is 0.887. The fraction of sp³-hybridized carbons (Fsp3) is 0.429. The standard InChI is InChI=1S/C14H19BO7S/c1-9(2)13(16)22-12-7-10(8-15)3-4-11(12)14(17)21-5-6-23(18,19)20/h3-4,7,9H,5-6,8,15H2,1-2H3,(H,18,19,20). The van der Waals surface area contributed by atoms with Gasteiger partial charge < -0.3 is 9.47 Å². The molecule has 0 amide bonds. The van der Waals surface area contributed by atoms with Crippen molar-refractivity contribution >= 4 is 29.9 Å². The molecule has 7 nitrogen and oxygen atoms in total. The molecule has 0 aliphatic rings. The lowest BCUT2D eigenvalue weighted by atomic mass is 9.96. The minimum absolute atomic E-state index is 0.0199. The molecular weight excluding hydrogens is 323 g/mol. The van der Waals surface area contributed by atoms with Crippen molar-refractivity contribution in [2.45, 2.75) is 20.2 Å². The Bertz CT molecular complexity index is 682. The van der Waals surface area contributed by atoms with E-state index in [9.17, 15) is 18.0 Å². The summed E-state index contributed by atoms with van der Waals surface area (Å²) in [5, 5.41) is 0. The third-order valence-corrected chi connectivity index (χ3v) is 3.61. The molecule has 1 N–H and O–H groups in total. The Hall–Kier alpha value is -1.87. The van der Waals surface area contributed by atoms with Gasteiger partial charge in [0.1, 0.15) is 31.5 Å². The molecule has 0 radical (unpaired) electrons. The van der Waals surface area contributed by atoms with Crippen LogP contribution < -0.4 is 4.74 Å². The molecule has 0 saturated carbocycles. The highest BCUT2D eigenvalue weighted by Gasteiger charge is 2.19. The van der Waals surface area contributed by atoms with Gasteiger partial charge in [0.15, 0.2) is 0 Å². The van der Waals surface area contributed by atoms with Gasteiger partial charge in [-0.05, 0) is 12.1 Å². The smallest absolute Gasteiger partial charge is 0.341 e. The highest BCUT2D eigenvalue weighted by Crippen LogP contribution is 2.23. The van der Waals surface area contributed by atoms with Crippen molar-refractivity contribution < 1.29 is 32.0 Å². The minimum Gasteiger partial charge on any atom is -0.461 e. The van der Waals surface area contributed by atoms with Crippen molar-refractivity contribution in [1.82, 2.24) is 0 Å². The second-order valence-electron chi connectivity index (χ2n) is 5.18. The van der Waals surface area contributed by atoms with E-state index in [1.54, 1.807) is 26.0 Å². The molecule has 0 fully saturated rings. The Labute approximate surface area is 136 Å². The summed E-state index contributed by atoms with van der Waals surface area (Å²) in [5.74, 6) is -2.33. The zero-order chi connectivity index (χ0) is 17.6. The molecule has 1 aromatic rings. The van der Waals surface area contributed by atoms with Crippen molar-refractivity contribution in [2.75, 3.05) is 12.4 Å². The van der Waals surface area contributed by atoms with Crippen LogP contribution in [-0.4, -0.2) is 45.1 Å². The summed E-state index contributed by atoms with van der Waals surface area (Å²) in [6.07, 6.45) is 0.685. The van der Waals surface area contributed by atoms with Gasteiger partial charge in [0, 0.05) is 0 Å². The van der Waals surface area contributed by atoms with Gasteiger partial charge in [0.05, 0.1) is 5.92 Å². The molecule has 0 spiro atoms. The van der Waals surface area contributed by atoms with Crippen LogP contribution >= 0.6 is 0 Å². The molecule has 1 rings (SSSR count). The highest BCUT2D eigenvalue weighted by molar-refractivity contribution is 7.85. The molecule has 0 saturated heterocycles. The van der Waals surface area contributed by atoms with Crippen molar-refractivity contribution in [3.63, 3.8) is 0 Å². The monoisotopic (exact) mass is 342 g/mol. The number of rotatable bonds is 7. The summed E-state index contributed by atoms with van der Waals surface area (Å²) in [6, 6.07) is 4.71. The average Bonchev–Trinajstić information content (AvgIpc) is 2.45. The van der Waals surface area contributed by atoms with Crippen LogP contribution in [0.15, 0.2) is 18.2 Å². The molecular formula is C14H19BO7S. The number of carbonyl (C=O) groups is 2. The van der Waals surface area contributed by atoms with E-state index < -0.39 is 34.4 Å². The predicted octanol–water partition coefficient (Wildman–Crippen LogP) is 0.426. The maximum absolute atomic E-state index is 12.0. The van der Waals surface area contributed by atoms with Gasteiger partial charge in [0.25, 0.3) is 10.1 Å². The average molecular weight is 342 g/mol. The van der Waals surface area contributed by atoms with E-state index in [2.05, 4.69) is 0 Å². The van der Waals surface area contributed by atoms with Crippen LogP contribution in [0.3, 0.4) is 0 Å². The van der Waals surface area contributed by atoms with E-state index in [1.807, 2.05) is 7.85 Å². The third-order valence-electron chi connectivity index (χ3n) is 2.93.